The fraction of sp³-hybridized carbons (Fsp3) is 0.200. The Balaban J connectivity index is 2.03. The number of amides is 1. The van der Waals surface area contributed by atoms with Gasteiger partial charge >= 0.3 is 0 Å². The number of nitrogens with zero attached hydrogens (tertiary/aromatic N) is 1. The molecule has 19 heavy (non-hydrogen) atoms. The van der Waals surface area contributed by atoms with Crippen molar-refractivity contribution in [3.63, 3.8) is 0 Å². The van der Waals surface area contributed by atoms with E-state index in [1.807, 2.05) is 31.2 Å². The van der Waals surface area contributed by atoms with Gasteiger partial charge in [0.25, 0.3) is 5.91 Å². The van der Waals surface area contributed by atoms with Crippen molar-refractivity contribution in [2.24, 2.45) is 0 Å². The Morgan fingerprint density at radius 2 is 2.00 bits per heavy atom. The van der Waals surface area contributed by atoms with Crippen molar-refractivity contribution in [3.8, 4) is 5.88 Å². The highest BCUT2D eigenvalue weighted by Crippen LogP contribution is 2.08. The van der Waals surface area contributed by atoms with Gasteiger partial charge < -0.3 is 10.1 Å². The largest absolute Gasteiger partial charge is 0.481 e. The zero-order valence-electron chi connectivity index (χ0n) is 11.0. The second-order valence-electron chi connectivity index (χ2n) is 4.17. The predicted octanol–water partition coefficient (Wildman–Crippen LogP) is 2.33. The van der Waals surface area contributed by atoms with E-state index in [0.717, 1.165) is 11.1 Å². The maximum atomic E-state index is 12.0. The molecule has 0 aliphatic heterocycles. The molecule has 0 aliphatic carbocycles. The smallest absolute Gasteiger partial charge is 0.270 e. The molecular weight excluding hydrogens is 240 g/mol. The quantitative estimate of drug-likeness (QED) is 0.913. The summed E-state index contributed by atoms with van der Waals surface area (Å²) in [6.07, 6.45) is 0. The van der Waals surface area contributed by atoms with E-state index in [0.29, 0.717) is 18.1 Å². The van der Waals surface area contributed by atoms with Gasteiger partial charge in [-0.1, -0.05) is 30.3 Å². The molecule has 0 radical (unpaired) electrons. The van der Waals surface area contributed by atoms with Gasteiger partial charge in [-0.05, 0) is 24.1 Å². The van der Waals surface area contributed by atoms with Gasteiger partial charge in [0.2, 0.25) is 5.88 Å². The summed E-state index contributed by atoms with van der Waals surface area (Å²) in [5.41, 5.74) is 2.60. The number of carbonyl (C=O) groups excluding carboxylic acids is 1. The van der Waals surface area contributed by atoms with Crippen LogP contribution in [0, 0.1) is 6.92 Å². The van der Waals surface area contributed by atoms with Crippen LogP contribution in [0.15, 0.2) is 42.5 Å². The van der Waals surface area contributed by atoms with Gasteiger partial charge in [-0.15, -0.1) is 0 Å². The average Bonchev–Trinajstić information content (AvgIpc) is 2.46. The highest BCUT2D eigenvalue weighted by Gasteiger charge is 2.08. The van der Waals surface area contributed by atoms with Crippen molar-refractivity contribution >= 4 is 5.91 Å². The number of aromatic nitrogens is 1. The molecule has 0 bridgehead atoms. The molecule has 1 aromatic heterocycles. The van der Waals surface area contributed by atoms with Crippen molar-refractivity contribution < 1.29 is 9.53 Å². The number of carbonyl (C=O) groups is 1. The minimum absolute atomic E-state index is 0.206. The third-order valence-electron chi connectivity index (χ3n) is 2.87. The topological polar surface area (TPSA) is 51.2 Å². The monoisotopic (exact) mass is 256 g/mol. The lowest BCUT2D eigenvalue weighted by Crippen LogP contribution is -2.24. The Morgan fingerprint density at radius 3 is 2.74 bits per heavy atom. The lowest BCUT2D eigenvalue weighted by atomic mass is 10.1. The Bertz CT molecular complexity index is 582. The molecule has 0 fully saturated rings. The van der Waals surface area contributed by atoms with Gasteiger partial charge in [0.15, 0.2) is 0 Å². The Morgan fingerprint density at radius 1 is 1.21 bits per heavy atom. The Hall–Kier alpha value is -2.36. The number of ether oxygens (including phenoxy) is 1. The first kappa shape index (κ1) is 13.1. The predicted molar refractivity (Wildman–Crippen MR) is 73.1 cm³/mol. The molecule has 0 unspecified atom stereocenters. The summed E-state index contributed by atoms with van der Waals surface area (Å²) in [6, 6.07) is 13.1. The highest BCUT2D eigenvalue weighted by atomic mass is 16.5. The first-order valence-corrected chi connectivity index (χ1v) is 6.04. The second kappa shape index (κ2) is 6.00. The van der Waals surface area contributed by atoms with Gasteiger partial charge in [0.05, 0.1) is 7.11 Å². The summed E-state index contributed by atoms with van der Waals surface area (Å²) in [5, 5.41) is 2.85. The summed E-state index contributed by atoms with van der Waals surface area (Å²) in [4.78, 5) is 16.1. The molecule has 2 rings (SSSR count). The molecule has 1 heterocycles. The molecule has 1 amide bonds. The maximum absolute atomic E-state index is 12.0. The minimum Gasteiger partial charge on any atom is -0.481 e. The van der Waals surface area contributed by atoms with Gasteiger partial charge in [0, 0.05) is 12.6 Å². The molecule has 0 saturated heterocycles. The number of benzene rings is 1. The van der Waals surface area contributed by atoms with Crippen molar-refractivity contribution in [2.75, 3.05) is 7.11 Å². The second-order valence-corrected chi connectivity index (χ2v) is 4.17. The van der Waals surface area contributed by atoms with E-state index in [2.05, 4.69) is 10.3 Å². The van der Waals surface area contributed by atoms with Crippen molar-refractivity contribution in [2.45, 2.75) is 13.5 Å². The molecule has 0 saturated carbocycles. The van der Waals surface area contributed by atoms with Crippen molar-refractivity contribution in [1.29, 1.82) is 0 Å². The Kier molecular flexibility index (Phi) is 4.13. The minimum atomic E-state index is -0.206. The van der Waals surface area contributed by atoms with Gasteiger partial charge in [0.1, 0.15) is 5.69 Å². The normalized spacial score (nSPS) is 10.0. The molecule has 1 aromatic carbocycles. The van der Waals surface area contributed by atoms with E-state index >= 15 is 0 Å². The van der Waals surface area contributed by atoms with Crippen LogP contribution in [0.2, 0.25) is 0 Å². The number of hydrogen-bond acceptors (Lipinski definition) is 3. The number of pyridine rings is 1. The standard InChI is InChI=1S/C15H16N2O2/c1-11-6-3-4-7-12(11)10-16-15(18)13-8-5-9-14(17-13)19-2/h3-9H,10H2,1-2H3,(H,16,18). The van der Waals surface area contributed by atoms with Crippen LogP contribution in [0.4, 0.5) is 0 Å². The van der Waals surface area contributed by atoms with Crippen molar-refractivity contribution in [3.05, 3.63) is 59.3 Å². The molecule has 4 nitrogen and oxygen atoms in total. The van der Waals surface area contributed by atoms with E-state index in [9.17, 15) is 4.79 Å². The molecular formula is C15H16N2O2. The lowest BCUT2D eigenvalue weighted by Gasteiger charge is -2.08. The summed E-state index contributed by atoms with van der Waals surface area (Å²) >= 11 is 0. The summed E-state index contributed by atoms with van der Waals surface area (Å²) < 4.78 is 5.00. The van der Waals surface area contributed by atoms with Crippen LogP contribution < -0.4 is 10.1 Å². The van der Waals surface area contributed by atoms with Crippen LogP contribution in [0.5, 0.6) is 5.88 Å². The Labute approximate surface area is 112 Å². The third-order valence-corrected chi connectivity index (χ3v) is 2.87. The third kappa shape index (κ3) is 3.31. The van der Waals surface area contributed by atoms with Gasteiger partial charge in [-0.2, -0.15) is 0 Å². The van der Waals surface area contributed by atoms with Gasteiger partial charge in [-0.25, -0.2) is 4.98 Å². The van der Waals surface area contributed by atoms with E-state index < -0.39 is 0 Å². The van der Waals surface area contributed by atoms with Crippen LogP contribution >= 0.6 is 0 Å². The molecule has 98 valence electrons. The van der Waals surface area contributed by atoms with E-state index in [1.165, 1.54) is 7.11 Å². The number of hydrogen-bond donors (Lipinski definition) is 1. The van der Waals surface area contributed by atoms with Crippen LogP contribution in [0.25, 0.3) is 0 Å². The molecule has 2 aromatic rings. The SMILES string of the molecule is COc1cccc(C(=O)NCc2ccccc2C)n1. The van der Waals surface area contributed by atoms with E-state index in [1.54, 1.807) is 18.2 Å². The summed E-state index contributed by atoms with van der Waals surface area (Å²) in [6.45, 7) is 2.51. The van der Waals surface area contributed by atoms with Crippen LogP contribution in [0.3, 0.4) is 0 Å². The molecule has 1 N–H and O–H groups in total. The van der Waals surface area contributed by atoms with Gasteiger partial charge in [-0.3, -0.25) is 4.79 Å². The highest BCUT2D eigenvalue weighted by molar-refractivity contribution is 5.92. The number of rotatable bonds is 4. The molecule has 0 aliphatic rings. The van der Waals surface area contributed by atoms with Crippen molar-refractivity contribution in [1.82, 2.24) is 10.3 Å². The van der Waals surface area contributed by atoms with Crippen LogP contribution in [0.1, 0.15) is 21.6 Å². The zero-order valence-corrected chi connectivity index (χ0v) is 11.0. The first-order chi connectivity index (χ1) is 9.20. The fourth-order valence-electron chi connectivity index (χ4n) is 1.73. The van der Waals surface area contributed by atoms with E-state index in [4.69, 9.17) is 4.74 Å². The van der Waals surface area contributed by atoms with Crippen LogP contribution in [-0.4, -0.2) is 18.0 Å². The van der Waals surface area contributed by atoms with E-state index in [-0.39, 0.29) is 5.91 Å². The zero-order chi connectivity index (χ0) is 13.7. The fourth-order valence-corrected chi connectivity index (χ4v) is 1.73. The number of methoxy groups -OCH3 is 1. The summed E-state index contributed by atoms with van der Waals surface area (Å²) in [7, 11) is 1.53. The molecule has 0 atom stereocenters. The first-order valence-electron chi connectivity index (χ1n) is 6.04. The summed E-state index contributed by atoms with van der Waals surface area (Å²) in [5.74, 6) is 0.227. The lowest BCUT2D eigenvalue weighted by molar-refractivity contribution is 0.0945. The molecule has 0 spiro atoms. The number of nitrogens with one attached hydrogen (secondary N) is 1. The number of aryl methyl sites for hydroxylation is 1. The van der Waals surface area contributed by atoms with Crippen LogP contribution in [-0.2, 0) is 6.54 Å². The average molecular weight is 256 g/mol. The maximum Gasteiger partial charge on any atom is 0.270 e. The molecule has 4 heteroatoms.